The van der Waals surface area contributed by atoms with Crippen LogP contribution in [0.4, 0.5) is 0 Å². The molecule has 2 saturated heterocycles. The van der Waals surface area contributed by atoms with Crippen LogP contribution in [0.2, 0.25) is 0 Å². The number of Topliss-reactive ketones (excluding diaryl/α,β-unsaturated/α-hetero) is 1. The van der Waals surface area contributed by atoms with Gasteiger partial charge in [0.1, 0.15) is 23.5 Å². The Balaban J connectivity index is 0. The molecule has 10 nitrogen and oxygen atoms in total. The molecule has 0 bridgehead atoms. The molecule has 4 rings (SSSR count). The highest BCUT2D eigenvalue weighted by atomic mass is 16.7. The molecule has 62 heavy (non-hydrogen) atoms. The summed E-state index contributed by atoms with van der Waals surface area (Å²) in [6, 6.07) is 10.8. The van der Waals surface area contributed by atoms with E-state index in [2.05, 4.69) is 110 Å². The van der Waals surface area contributed by atoms with E-state index in [0.717, 1.165) is 75.3 Å². The molecule has 1 aromatic heterocycles. The Labute approximate surface area is 379 Å². The minimum absolute atomic E-state index is 0.0875. The van der Waals surface area contributed by atoms with E-state index in [1.165, 1.54) is 36.8 Å². The SMILES string of the molecule is C=C1CCC[C@@H](CC)OC(=O)[C@H](C)C(=O)[C@H](C)[C@@H](O[C@H]2C[C@@H](N(C)C)C[C@@H](C)O2)[C@@H](C)C[C@H]1C.CC.CC.CC(=O)O.CCC.CCCCCc1cc(-c2ccc(C)cc2)no1. The van der Waals surface area contributed by atoms with Crippen molar-refractivity contribution in [3.8, 4) is 11.3 Å². The second-order valence-electron chi connectivity index (χ2n) is 16.8. The Morgan fingerprint density at radius 1 is 0.935 bits per heavy atom. The van der Waals surface area contributed by atoms with Crippen LogP contribution in [0.15, 0.2) is 47.0 Å². The lowest BCUT2D eigenvalue weighted by Crippen LogP contribution is -2.47. The summed E-state index contributed by atoms with van der Waals surface area (Å²) >= 11 is 0. The zero-order chi connectivity index (χ0) is 47.9. The molecule has 1 aromatic carbocycles. The zero-order valence-electron chi connectivity index (χ0n) is 42.5. The van der Waals surface area contributed by atoms with Crippen molar-refractivity contribution < 1.29 is 38.2 Å². The number of carbonyl (C=O) groups is 3. The fourth-order valence-corrected chi connectivity index (χ4v) is 7.29. The van der Waals surface area contributed by atoms with Gasteiger partial charge >= 0.3 is 5.97 Å². The molecule has 2 aliphatic heterocycles. The quantitative estimate of drug-likeness (QED) is 0.113. The lowest BCUT2D eigenvalue weighted by atomic mass is 9.80. The number of ether oxygens (including phenoxy) is 3. The predicted octanol–water partition coefficient (Wildman–Crippen LogP) is 13.3. The molecular formula is C52H92N2O8. The highest BCUT2D eigenvalue weighted by molar-refractivity contribution is 5.99. The molecule has 10 heteroatoms. The lowest BCUT2D eigenvalue weighted by molar-refractivity contribution is -0.236. The number of ketones is 1. The number of hydrogen-bond donors (Lipinski definition) is 1. The van der Waals surface area contributed by atoms with E-state index in [-0.39, 0.29) is 36.3 Å². The summed E-state index contributed by atoms with van der Waals surface area (Å²) in [7, 11) is 4.17. The number of nitrogens with zero attached hydrogens (tertiary/aromatic N) is 2. The third-order valence-electron chi connectivity index (χ3n) is 10.9. The molecule has 2 fully saturated rings. The number of unbranched alkanes of at least 4 members (excludes halogenated alkanes) is 2. The van der Waals surface area contributed by atoms with Crippen molar-refractivity contribution in [3.63, 3.8) is 0 Å². The van der Waals surface area contributed by atoms with Crippen LogP contribution in [-0.2, 0) is 35.0 Å². The van der Waals surface area contributed by atoms with E-state index in [9.17, 15) is 9.59 Å². The molecule has 0 saturated carbocycles. The average molecular weight is 873 g/mol. The van der Waals surface area contributed by atoms with Gasteiger partial charge in [0.25, 0.3) is 5.97 Å². The standard InChI is InChI=1S/C28H49NO5.C15H19NO.C3H8.C2H4O2.2C2H6/c1-10-24-13-11-12-17(2)18(3)14-19(4)27(21(6)26(30)22(7)28(31)33-24)34-25-16-23(29(8)9)15-20(5)32-25;1-3-4-5-6-14-11-15(16-17-14)13-9-7-12(2)8-10-13;1-3-2;1-2(3)4;2*1-2/h18-25,27H,2,10-16H2,1,3-9H3;7-11H,3-6H2,1-2H3;3H2,1-2H3;1H3,(H,3,4);2*1-2H3/t18-,19+,20-,21+,22-,23+,24-,25+,27+;;;;;/m1...../s1. The molecule has 0 spiro atoms. The highest BCUT2D eigenvalue weighted by Crippen LogP contribution is 2.34. The van der Waals surface area contributed by atoms with Crippen molar-refractivity contribution in [2.24, 2.45) is 23.7 Å². The maximum atomic E-state index is 13.5. The van der Waals surface area contributed by atoms with Crippen LogP contribution < -0.4 is 0 Å². The van der Waals surface area contributed by atoms with Gasteiger partial charge < -0.3 is 28.7 Å². The van der Waals surface area contributed by atoms with Crippen molar-refractivity contribution in [2.45, 2.75) is 212 Å². The largest absolute Gasteiger partial charge is 0.481 e. The molecule has 0 radical (unpaired) electrons. The van der Waals surface area contributed by atoms with Gasteiger partial charge in [0.2, 0.25) is 0 Å². The fourth-order valence-electron chi connectivity index (χ4n) is 7.29. The van der Waals surface area contributed by atoms with Crippen molar-refractivity contribution in [1.29, 1.82) is 0 Å². The van der Waals surface area contributed by atoms with Gasteiger partial charge in [-0.15, -0.1) is 0 Å². The van der Waals surface area contributed by atoms with Gasteiger partial charge in [0.05, 0.1) is 12.2 Å². The number of carbonyl (C=O) groups excluding carboxylic acids is 2. The summed E-state index contributed by atoms with van der Waals surface area (Å²) in [5.74, 6) is -1.19. The smallest absolute Gasteiger partial charge is 0.316 e. The minimum atomic E-state index is -0.833. The molecule has 2 aromatic rings. The lowest BCUT2D eigenvalue weighted by Gasteiger charge is -2.41. The topological polar surface area (TPSA) is 128 Å². The molecule has 358 valence electrons. The van der Waals surface area contributed by atoms with Crippen molar-refractivity contribution in [1.82, 2.24) is 10.1 Å². The van der Waals surface area contributed by atoms with Gasteiger partial charge in [-0.2, -0.15) is 0 Å². The van der Waals surface area contributed by atoms with Crippen molar-refractivity contribution in [3.05, 3.63) is 53.8 Å². The summed E-state index contributed by atoms with van der Waals surface area (Å²) in [5.41, 5.74) is 4.55. The molecule has 9 atom stereocenters. The maximum Gasteiger partial charge on any atom is 0.316 e. The number of allylic oxidation sites excluding steroid dienone is 1. The summed E-state index contributed by atoms with van der Waals surface area (Å²) < 4.78 is 23.9. The van der Waals surface area contributed by atoms with Crippen LogP contribution in [0.5, 0.6) is 0 Å². The Hall–Kier alpha value is -3.34. The molecule has 0 amide bonds. The van der Waals surface area contributed by atoms with Gasteiger partial charge in [-0.25, -0.2) is 0 Å². The molecule has 0 unspecified atom stereocenters. The Bertz CT molecular complexity index is 1470. The van der Waals surface area contributed by atoms with Gasteiger partial charge in [-0.05, 0) is 91.6 Å². The summed E-state index contributed by atoms with van der Waals surface area (Å²) in [5, 5.41) is 11.5. The first-order chi connectivity index (χ1) is 29.4. The summed E-state index contributed by atoms with van der Waals surface area (Å²) in [6.45, 7) is 34.0. The number of hydrogen-bond acceptors (Lipinski definition) is 9. The van der Waals surface area contributed by atoms with Crippen molar-refractivity contribution >= 4 is 17.7 Å². The third-order valence-corrected chi connectivity index (χ3v) is 10.9. The molecule has 3 heterocycles. The van der Waals surface area contributed by atoms with E-state index in [1.807, 2.05) is 41.5 Å². The molecular weight excluding hydrogens is 781 g/mol. The van der Waals surface area contributed by atoms with Crippen molar-refractivity contribution in [2.75, 3.05) is 14.1 Å². The van der Waals surface area contributed by atoms with Gasteiger partial charge in [0.15, 0.2) is 12.1 Å². The fraction of sp³-hybridized carbons (Fsp3) is 0.731. The van der Waals surface area contributed by atoms with Gasteiger partial charge in [-0.1, -0.05) is 143 Å². The van der Waals surface area contributed by atoms with Crippen LogP contribution in [-0.4, -0.2) is 77.6 Å². The summed E-state index contributed by atoms with van der Waals surface area (Å²) in [6.07, 6.45) is 11.1. The molecule has 1 N–H and O–H groups in total. The monoisotopic (exact) mass is 873 g/mol. The summed E-state index contributed by atoms with van der Waals surface area (Å²) in [4.78, 5) is 37.5. The van der Waals surface area contributed by atoms with Gasteiger partial charge in [-0.3, -0.25) is 14.4 Å². The Morgan fingerprint density at radius 3 is 2.05 bits per heavy atom. The first-order valence-electron chi connectivity index (χ1n) is 24.0. The second-order valence-corrected chi connectivity index (χ2v) is 16.8. The second kappa shape index (κ2) is 35.1. The van der Waals surface area contributed by atoms with Gasteiger partial charge in [0, 0.05) is 43.4 Å². The number of carboxylic acids is 1. The first kappa shape index (κ1) is 60.7. The Morgan fingerprint density at radius 2 is 1.52 bits per heavy atom. The van der Waals surface area contributed by atoms with E-state index in [4.69, 9.17) is 28.6 Å². The predicted molar refractivity (Wildman–Crippen MR) is 257 cm³/mol. The third kappa shape index (κ3) is 24.5. The number of aromatic nitrogens is 1. The minimum Gasteiger partial charge on any atom is -0.481 e. The number of rotatable bonds is 9. The normalized spacial score (nSPS) is 25.5. The first-order valence-corrected chi connectivity index (χ1v) is 24.0. The van der Waals surface area contributed by atoms with E-state index in [1.54, 1.807) is 6.92 Å². The number of benzene rings is 1. The van der Waals surface area contributed by atoms with E-state index >= 15 is 0 Å². The number of aliphatic carboxylic acids is 1. The van der Waals surface area contributed by atoms with E-state index in [0.29, 0.717) is 12.0 Å². The van der Waals surface area contributed by atoms with E-state index < -0.39 is 23.8 Å². The number of esters is 1. The molecule has 0 aliphatic carbocycles. The number of aryl methyl sites for hydroxylation is 2. The molecule has 2 aliphatic rings. The van der Waals surface area contributed by atoms with Crippen LogP contribution in [0, 0.1) is 30.6 Å². The van der Waals surface area contributed by atoms with Crippen LogP contribution in [0.1, 0.15) is 179 Å². The maximum absolute atomic E-state index is 13.5. The van der Waals surface area contributed by atoms with Crippen LogP contribution in [0.25, 0.3) is 11.3 Å². The van der Waals surface area contributed by atoms with Crippen LogP contribution in [0.3, 0.4) is 0 Å². The average Bonchev–Trinajstić information content (AvgIpc) is 3.72. The van der Waals surface area contributed by atoms with Crippen LogP contribution >= 0.6 is 0 Å². The zero-order valence-corrected chi connectivity index (χ0v) is 42.5. The Kier molecular flexibility index (Phi) is 34.4. The highest BCUT2D eigenvalue weighted by Gasteiger charge is 2.39. The number of carboxylic acid groups (broad SMARTS) is 1. The number of cyclic esters (lactones) is 1.